The number of aromatic amines is 1. The van der Waals surface area contributed by atoms with Crippen molar-refractivity contribution in [1.29, 1.82) is 0 Å². The van der Waals surface area contributed by atoms with E-state index >= 15 is 0 Å². The highest BCUT2D eigenvalue weighted by Gasteiger charge is 2.23. The van der Waals surface area contributed by atoms with Gasteiger partial charge in [0.25, 0.3) is 0 Å². The number of hydrogen-bond acceptors (Lipinski definition) is 3. The van der Waals surface area contributed by atoms with E-state index in [-0.39, 0.29) is 5.91 Å². The van der Waals surface area contributed by atoms with Crippen molar-refractivity contribution in [1.82, 2.24) is 9.88 Å². The fraction of sp³-hybridized carbons (Fsp3) is 0.318. The van der Waals surface area contributed by atoms with Crippen molar-refractivity contribution in [2.45, 2.75) is 25.8 Å². The van der Waals surface area contributed by atoms with Crippen molar-refractivity contribution < 1.29 is 14.3 Å². The molecule has 1 N–H and O–H groups in total. The van der Waals surface area contributed by atoms with Crippen LogP contribution in [0.15, 0.2) is 42.5 Å². The number of para-hydroxylation sites is 1. The number of amides is 1. The molecule has 3 heterocycles. The zero-order valence-electron chi connectivity index (χ0n) is 15.2. The number of rotatable bonds is 3. The number of carbonyl (C=O) groups excluding carboxylic acids is 1. The summed E-state index contributed by atoms with van der Waals surface area (Å²) < 4.78 is 11.2. The minimum absolute atomic E-state index is 0.209. The van der Waals surface area contributed by atoms with Crippen molar-refractivity contribution in [2.75, 3.05) is 19.8 Å². The molecule has 2 aliphatic rings. The molecule has 0 radical (unpaired) electrons. The van der Waals surface area contributed by atoms with Crippen molar-refractivity contribution in [3.8, 4) is 11.5 Å². The first kappa shape index (κ1) is 16.2. The molecule has 3 aromatic rings. The first-order chi connectivity index (χ1) is 13.3. The summed E-state index contributed by atoms with van der Waals surface area (Å²) in [5, 5.41) is 1.23. The number of nitrogens with zero attached hydrogens (tertiary/aromatic N) is 1. The van der Waals surface area contributed by atoms with Gasteiger partial charge in [0.2, 0.25) is 5.91 Å². The van der Waals surface area contributed by atoms with Crippen LogP contribution in [0.1, 0.15) is 23.2 Å². The summed E-state index contributed by atoms with van der Waals surface area (Å²) in [6.07, 6.45) is 2.11. The summed E-state index contributed by atoms with van der Waals surface area (Å²) in [5.41, 5.74) is 4.81. The molecule has 2 aromatic carbocycles. The fourth-order valence-corrected chi connectivity index (χ4v) is 4.03. The second-order valence-corrected chi connectivity index (χ2v) is 7.17. The lowest BCUT2D eigenvalue weighted by Crippen LogP contribution is -2.35. The van der Waals surface area contributed by atoms with Gasteiger partial charge in [-0.1, -0.05) is 24.3 Å². The molecular formula is C22H22N2O3. The van der Waals surface area contributed by atoms with Gasteiger partial charge < -0.3 is 19.4 Å². The van der Waals surface area contributed by atoms with Gasteiger partial charge in [0.15, 0.2) is 11.5 Å². The number of fused-ring (bicyclic) bond motifs is 4. The molecule has 0 atom stereocenters. The van der Waals surface area contributed by atoms with E-state index in [2.05, 4.69) is 23.2 Å². The van der Waals surface area contributed by atoms with Crippen LogP contribution in [0, 0.1) is 0 Å². The Morgan fingerprint density at radius 3 is 2.85 bits per heavy atom. The molecule has 5 nitrogen and oxygen atoms in total. The zero-order chi connectivity index (χ0) is 18.2. The van der Waals surface area contributed by atoms with Gasteiger partial charge in [-0.25, -0.2) is 0 Å². The van der Waals surface area contributed by atoms with Gasteiger partial charge in [-0.05, 0) is 30.2 Å². The number of hydrogen-bond donors (Lipinski definition) is 1. The lowest BCUT2D eigenvalue weighted by Gasteiger charge is -2.27. The Balaban J connectivity index is 1.27. The van der Waals surface area contributed by atoms with Gasteiger partial charge in [-0.2, -0.15) is 0 Å². The lowest BCUT2D eigenvalue weighted by atomic mass is 10.0. The van der Waals surface area contributed by atoms with Crippen LogP contribution in [-0.2, 0) is 24.2 Å². The highest BCUT2D eigenvalue weighted by Crippen LogP contribution is 2.31. The molecule has 27 heavy (non-hydrogen) atoms. The van der Waals surface area contributed by atoms with E-state index in [0.717, 1.165) is 35.5 Å². The van der Waals surface area contributed by atoms with Crippen molar-refractivity contribution in [3.05, 3.63) is 59.3 Å². The zero-order valence-corrected chi connectivity index (χ0v) is 15.2. The van der Waals surface area contributed by atoms with E-state index in [0.29, 0.717) is 32.6 Å². The van der Waals surface area contributed by atoms with E-state index in [1.54, 1.807) is 0 Å². The molecule has 2 aliphatic heterocycles. The molecule has 0 unspecified atom stereocenters. The molecule has 5 heteroatoms. The Kier molecular flexibility index (Phi) is 4.00. The molecule has 5 rings (SSSR count). The summed E-state index contributed by atoms with van der Waals surface area (Å²) in [6.45, 7) is 2.64. The molecule has 0 aliphatic carbocycles. The Morgan fingerprint density at radius 1 is 1.07 bits per heavy atom. The molecule has 0 saturated carbocycles. The lowest BCUT2D eigenvalue weighted by molar-refractivity contribution is -0.132. The van der Waals surface area contributed by atoms with Gasteiger partial charge in [-0.15, -0.1) is 0 Å². The molecule has 1 amide bonds. The van der Waals surface area contributed by atoms with Crippen LogP contribution in [0.4, 0.5) is 0 Å². The van der Waals surface area contributed by atoms with Gasteiger partial charge in [0.05, 0.1) is 0 Å². The van der Waals surface area contributed by atoms with Gasteiger partial charge >= 0.3 is 0 Å². The topological polar surface area (TPSA) is 54.6 Å². The second kappa shape index (κ2) is 6.65. The largest absolute Gasteiger partial charge is 0.486 e. The highest BCUT2D eigenvalue weighted by atomic mass is 16.6. The molecular weight excluding hydrogens is 340 g/mol. The van der Waals surface area contributed by atoms with Crippen LogP contribution >= 0.6 is 0 Å². The van der Waals surface area contributed by atoms with Gasteiger partial charge in [0.1, 0.15) is 13.2 Å². The van der Waals surface area contributed by atoms with Gasteiger partial charge in [-0.3, -0.25) is 4.79 Å². The number of aryl methyl sites for hydroxylation is 1. The molecule has 1 aromatic heterocycles. The van der Waals surface area contributed by atoms with Crippen LogP contribution in [0.2, 0.25) is 0 Å². The average Bonchev–Trinajstić information content (AvgIpc) is 3.09. The highest BCUT2D eigenvalue weighted by molar-refractivity contribution is 5.86. The van der Waals surface area contributed by atoms with Crippen LogP contribution < -0.4 is 9.47 Å². The molecule has 138 valence electrons. The Hall–Kier alpha value is -2.95. The number of H-pyrrole nitrogens is 1. The maximum atomic E-state index is 12.8. The minimum Gasteiger partial charge on any atom is -0.486 e. The van der Waals surface area contributed by atoms with Crippen molar-refractivity contribution in [2.24, 2.45) is 0 Å². The molecule has 0 saturated heterocycles. The smallest absolute Gasteiger partial charge is 0.223 e. The number of aromatic nitrogens is 1. The van der Waals surface area contributed by atoms with E-state index in [4.69, 9.17) is 9.47 Å². The molecule has 0 spiro atoms. The summed E-state index contributed by atoms with van der Waals surface area (Å²) in [6, 6.07) is 14.3. The van der Waals surface area contributed by atoms with Crippen LogP contribution in [0.25, 0.3) is 10.9 Å². The monoisotopic (exact) mass is 362 g/mol. The summed E-state index contributed by atoms with van der Waals surface area (Å²) in [4.78, 5) is 18.3. The second-order valence-electron chi connectivity index (χ2n) is 7.17. The van der Waals surface area contributed by atoms with E-state index < -0.39 is 0 Å². The maximum absolute atomic E-state index is 12.8. The first-order valence-corrected chi connectivity index (χ1v) is 9.53. The summed E-state index contributed by atoms with van der Waals surface area (Å²) >= 11 is 0. The number of nitrogens with one attached hydrogen (secondary N) is 1. The average molecular weight is 362 g/mol. The van der Waals surface area contributed by atoms with Crippen molar-refractivity contribution >= 4 is 16.8 Å². The standard InChI is InChI=1S/C22H22N2O3/c25-22(8-6-15-5-7-20-21(13-15)27-12-11-26-20)24-10-9-19-17(14-24)16-3-1-2-4-18(16)23-19/h1-5,7,13,23H,6,8-12,14H2. The third-order valence-electron chi connectivity index (χ3n) is 5.47. The van der Waals surface area contributed by atoms with Crippen molar-refractivity contribution in [3.63, 3.8) is 0 Å². The Bertz CT molecular complexity index is 1010. The minimum atomic E-state index is 0.209. The van der Waals surface area contributed by atoms with E-state index in [1.807, 2.05) is 29.2 Å². The fourth-order valence-electron chi connectivity index (χ4n) is 4.03. The number of carbonyl (C=O) groups is 1. The number of ether oxygens (including phenoxy) is 2. The predicted octanol–water partition coefficient (Wildman–Crippen LogP) is 3.46. The van der Waals surface area contributed by atoms with Crippen LogP contribution in [0.5, 0.6) is 11.5 Å². The molecule has 0 bridgehead atoms. The predicted molar refractivity (Wildman–Crippen MR) is 103 cm³/mol. The van der Waals surface area contributed by atoms with Crippen LogP contribution in [0.3, 0.4) is 0 Å². The first-order valence-electron chi connectivity index (χ1n) is 9.53. The third-order valence-corrected chi connectivity index (χ3v) is 5.47. The van der Waals surface area contributed by atoms with Gasteiger partial charge in [0, 0.05) is 48.1 Å². The quantitative estimate of drug-likeness (QED) is 0.776. The Morgan fingerprint density at radius 2 is 1.93 bits per heavy atom. The van der Waals surface area contributed by atoms with Crippen LogP contribution in [-0.4, -0.2) is 35.5 Å². The Labute approximate surface area is 157 Å². The summed E-state index contributed by atoms with van der Waals surface area (Å²) in [5.74, 6) is 1.78. The molecule has 0 fully saturated rings. The van der Waals surface area contributed by atoms with E-state index in [9.17, 15) is 4.79 Å². The SMILES string of the molecule is O=C(CCc1ccc2c(c1)OCCO2)N1CCc2[nH]c3ccccc3c2C1. The summed E-state index contributed by atoms with van der Waals surface area (Å²) in [7, 11) is 0. The van der Waals surface area contributed by atoms with E-state index in [1.165, 1.54) is 16.6 Å². The normalized spacial score (nSPS) is 15.6. The third kappa shape index (κ3) is 3.03. The number of benzene rings is 2. The maximum Gasteiger partial charge on any atom is 0.223 e.